The summed E-state index contributed by atoms with van der Waals surface area (Å²) in [6.45, 7) is 0.672. The molecule has 3 nitrogen and oxygen atoms in total. The van der Waals surface area contributed by atoms with Gasteiger partial charge in [0.05, 0.1) is 6.54 Å². The minimum Gasteiger partial charge on any atom is -0.492 e. The maximum Gasteiger partial charge on any atom is 0.246 e. The number of rotatable bonds is 6. The Morgan fingerprint density at radius 2 is 1.87 bits per heavy atom. The average molecular weight is 317 g/mol. The van der Waals surface area contributed by atoms with Crippen molar-refractivity contribution < 1.29 is 18.3 Å². The smallest absolute Gasteiger partial charge is 0.246 e. The molecule has 0 N–H and O–H groups in total. The van der Waals surface area contributed by atoms with E-state index in [0.29, 0.717) is 24.5 Å². The van der Waals surface area contributed by atoms with Gasteiger partial charge in [0.1, 0.15) is 24.0 Å². The molecule has 0 heterocycles. The van der Waals surface area contributed by atoms with Crippen LogP contribution in [0.2, 0.25) is 0 Å². The maximum absolute atomic E-state index is 13.0. The third-order valence-electron chi connectivity index (χ3n) is 3.15. The minimum absolute atomic E-state index is 0.211. The molecule has 0 aliphatic heterocycles. The number of halogens is 2. The molecule has 0 spiro atoms. The van der Waals surface area contributed by atoms with E-state index in [1.165, 1.54) is 47.4 Å². The predicted octanol–water partition coefficient (Wildman–Crippen LogP) is 3.52. The largest absolute Gasteiger partial charge is 0.492 e. The van der Waals surface area contributed by atoms with E-state index >= 15 is 0 Å². The summed E-state index contributed by atoms with van der Waals surface area (Å²) >= 11 is 0. The van der Waals surface area contributed by atoms with E-state index in [2.05, 4.69) is 0 Å². The van der Waals surface area contributed by atoms with E-state index < -0.39 is 0 Å². The van der Waals surface area contributed by atoms with Crippen molar-refractivity contribution in [2.75, 3.05) is 20.2 Å². The molecular formula is C18H17F2NO2. The van der Waals surface area contributed by atoms with Crippen molar-refractivity contribution in [3.63, 3.8) is 0 Å². The van der Waals surface area contributed by atoms with Crippen molar-refractivity contribution in [2.24, 2.45) is 0 Å². The molecule has 0 radical (unpaired) electrons. The fourth-order valence-electron chi connectivity index (χ4n) is 1.85. The molecule has 0 bridgehead atoms. The first-order valence-corrected chi connectivity index (χ1v) is 7.12. The minimum atomic E-state index is -0.347. The van der Waals surface area contributed by atoms with Crippen LogP contribution in [-0.4, -0.2) is 31.0 Å². The molecule has 2 aromatic carbocycles. The molecule has 0 saturated heterocycles. The van der Waals surface area contributed by atoms with Crippen LogP contribution in [0, 0.1) is 11.6 Å². The highest BCUT2D eigenvalue weighted by Gasteiger charge is 2.05. The summed E-state index contributed by atoms with van der Waals surface area (Å²) in [7, 11) is 1.65. The monoisotopic (exact) mass is 317 g/mol. The Bertz CT molecular complexity index is 684. The van der Waals surface area contributed by atoms with Crippen molar-refractivity contribution >= 4 is 12.0 Å². The van der Waals surface area contributed by atoms with E-state index in [4.69, 9.17) is 4.74 Å². The lowest BCUT2D eigenvalue weighted by Crippen LogP contribution is -2.29. The summed E-state index contributed by atoms with van der Waals surface area (Å²) < 4.78 is 31.2. The highest BCUT2D eigenvalue weighted by molar-refractivity contribution is 5.91. The summed E-state index contributed by atoms with van der Waals surface area (Å²) in [5, 5.41) is 0. The number of carbonyl (C=O) groups is 1. The molecule has 0 atom stereocenters. The normalized spacial score (nSPS) is 10.7. The molecule has 0 aliphatic rings. The van der Waals surface area contributed by atoms with Gasteiger partial charge in [-0.25, -0.2) is 8.78 Å². The van der Waals surface area contributed by atoms with Crippen molar-refractivity contribution in [2.45, 2.75) is 0 Å². The van der Waals surface area contributed by atoms with E-state index in [1.54, 1.807) is 25.3 Å². The molecule has 2 aromatic rings. The second kappa shape index (κ2) is 8.08. The zero-order chi connectivity index (χ0) is 16.7. The van der Waals surface area contributed by atoms with Gasteiger partial charge in [0.25, 0.3) is 0 Å². The second-order valence-corrected chi connectivity index (χ2v) is 4.95. The average Bonchev–Trinajstić information content (AvgIpc) is 2.54. The Balaban J connectivity index is 1.79. The fourth-order valence-corrected chi connectivity index (χ4v) is 1.85. The molecule has 0 saturated carbocycles. The lowest BCUT2D eigenvalue weighted by Gasteiger charge is -2.15. The summed E-state index contributed by atoms with van der Waals surface area (Å²) in [5.74, 6) is -0.340. The Morgan fingerprint density at radius 1 is 1.13 bits per heavy atom. The van der Waals surface area contributed by atoms with E-state index in [1.807, 2.05) is 0 Å². The van der Waals surface area contributed by atoms with Crippen LogP contribution in [0.3, 0.4) is 0 Å². The molecule has 5 heteroatoms. The van der Waals surface area contributed by atoms with Crippen LogP contribution in [0.5, 0.6) is 5.75 Å². The van der Waals surface area contributed by atoms with Gasteiger partial charge in [-0.3, -0.25) is 4.79 Å². The lowest BCUT2D eigenvalue weighted by molar-refractivity contribution is -0.125. The summed E-state index contributed by atoms with van der Waals surface area (Å²) in [6, 6.07) is 11.7. The number of ether oxygens (including phenoxy) is 1. The topological polar surface area (TPSA) is 29.5 Å². The highest BCUT2D eigenvalue weighted by atomic mass is 19.1. The van der Waals surface area contributed by atoms with Gasteiger partial charge in [-0.1, -0.05) is 12.1 Å². The quantitative estimate of drug-likeness (QED) is 0.763. The van der Waals surface area contributed by atoms with Crippen LogP contribution in [-0.2, 0) is 4.79 Å². The highest BCUT2D eigenvalue weighted by Crippen LogP contribution is 2.11. The molecule has 1 amide bonds. The van der Waals surface area contributed by atoms with Gasteiger partial charge in [0.15, 0.2) is 0 Å². The van der Waals surface area contributed by atoms with Crippen molar-refractivity contribution in [1.82, 2.24) is 4.90 Å². The standard InChI is InChI=1S/C18H17F2NO2/c1-21(11-12-23-17-8-6-15(19)7-9-17)18(22)10-5-14-3-2-4-16(20)13-14/h2-10,13H,11-12H2,1H3/b10-5+. The Kier molecular flexibility index (Phi) is 5.86. The number of benzene rings is 2. The van der Waals surface area contributed by atoms with Gasteiger partial charge in [0.2, 0.25) is 5.91 Å². The first kappa shape index (κ1) is 16.7. The molecule has 2 rings (SSSR count). The number of nitrogens with zero attached hydrogens (tertiary/aromatic N) is 1. The summed E-state index contributed by atoms with van der Waals surface area (Å²) in [4.78, 5) is 13.4. The van der Waals surface area contributed by atoms with Gasteiger partial charge in [-0.05, 0) is 48.0 Å². The Hall–Kier alpha value is -2.69. The zero-order valence-corrected chi connectivity index (χ0v) is 12.7. The predicted molar refractivity (Wildman–Crippen MR) is 85.0 cm³/mol. The Morgan fingerprint density at radius 3 is 2.57 bits per heavy atom. The van der Waals surface area contributed by atoms with Crippen LogP contribution in [0.25, 0.3) is 6.08 Å². The van der Waals surface area contributed by atoms with Gasteiger partial charge < -0.3 is 9.64 Å². The first-order valence-electron chi connectivity index (χ1n) is 7.12. The first-order chi connectivity index (χ1) is 11.0. The van der Waals surface area contributed by atoms with Gasteiger partial charge >= 0.3 is 0 Å². The number of hydrogen-bond acceptors (Lipinski definition) is 2. The second-order valence-electron chi connectivity index (χ2n) is 4.95. The lowest BCUT2D eigenvalue weighted by atomic mass is 10.2. The molecule has 0 unspecified atom stereocenters. The third kappa shape index (κ3) is 5.54. The van der Waals surface area contributed by atoms with Crippen molar-refractivity contribution in [3.05, 3.63) is 71.8 Å². The Labute approximate surface area is 133 Å². The third-order valence-corrected chi connectivity index (χ3v) is 3.15. The van der Waals surface area contributed by atoms with Crippen LogP contribution < -0.4 is 4.74 Å². The van der Waals surface area contributed by atoms with Gasteiger partial charge in [-0.2, -0.15) is 0 Å². The number of carbonyl (C=O) groups excluding carboxylic acids is 1. The van der Waals surface area contributed by atoms with Crippen LogP contribution in [0.1, 0.15) is 5.56 Å². The zero-order valence-electron chi connectivity index (χ0n) is 12.7. The molecule has 0 aliphatic carbocycles. The fraction of sp³-hybridized carbons (Fsp3) is 0.167. The molecule has 0 aromatic heterocycles. The molecule has 0 fully saturated rings. The number of likely N-dealkylation sites (N-methyl/N-ethyl adjacent to an activating group) is 1. The number of amides is 1. The van der Waals surface area contributed by atoms with Crippen LogP contribution >= 0.6 is 0 Å². The van der Waals surface area contributed by atoms with Gasteiger partial charge in [0, 0.05) is 13.1 Å². The molecular weight excluding hydrogens is 300 g/mol. The summed E-state index contributed by atoms with van der Waals surface area (Å²) in [5.41, 5.74) is 0.620. The van der Waals surface area contributed by atoms with Crippen LogP contribution in [0.15, 0.2) is 54.6 Å². The number of hydrogen-bond donors (Lipinski definition) is 0. The maximum atomic E-state index is 13.0. The van der Waals surface area contributed by atoms with Crippen molar-refractivity contribution in [1.29, 1.82) is 0 Å². The molecule has 23 heavy (non-hydrogen) atoms. The van der Waals surface area contributed by atoms with Crippen molar-refractivity contribution in [3.8, 4) is 5.75 Å². The van der Waals surface area contributed by atoms with E-state index in [0.717, 1.165) is 0 Å². The summed E-state index contributed by atoms with van der Waals surface area (Å²) in [6.07, 6.45) is 2.94. The molecule has 120 valence electrons. The SMILES string of the molecule is CN(CCOc1ccc(F)cc1)C(=O)/C=C/c1cccc(F)c1. The van der Waals surface area contributed by atoms with Crippen LogP contribution in [0.4, 0.5) is 8.78 Å². The van der Waals surface area contributed by atoms with Gasteiger partial charge in [-0.15, -0.1) is 0 Å². The van der Waals surface area contributed by atoms with E-state index in [-0.39, 0.29) is 17.5 Å². The van der Waals surface area contributed by atoms with E-state index in [9.17, 15) is 13.6 Å².